The molecule has 1 N–H and O–H groups in total. The van der Waals surface area contributed by atoms with E-state index in [0.29, 0.717) is 0 Å². The Bertz CT molecular complexity index is 2120. The maximum atomic E-state index is 5.23. The van der Waals surface area contributed by atoms with Crippen LogP contribution in [0.4, 0.5) is 11.5 Å². The van der Waals surface area contributed by atoms with E-state index in [0.717, 1.165) is 17.2 Å². The molecule has 0 radical (unpaired) electrons. The summed E-state index contributed by atoms with van der Waals surface area (Å²) in [6.45, 7) is 0. The van der Waals surface area contributed by atoms with Gasteiger partial charge in [0, 0.05) is 36.3 Å². The Hall–Kier alpha value is -4.41. The van der Waals surface area contributed by atoms with Crippen LogP contribution >= 0.6 is 11.3 Å². The third-order valence-corrected chi connectivity index (χ3v) is 8.84. The summed E-state index contributed by atoms with van der Waals surface area (Å²) in [5, 5.41) is 10.4. The largest absolute Gasteiger partial charge is 0.370 e. The van der Waals surface area contributed by atoms with E-state index < -0.39 is 0 Å². The van der Waals surface area contributed by atoms with Gasteiger partial charge in [0.05, 0.1) is 28.5 Å². The summed E-state index contributed by atoms with van der Waals surface area (Å²) in [6, 6.07) is 28.8. The molecule has 0 saturated heterocycles. The Balaban J connectivity index is 1.51. The van der Waals surface area contributed by atoms with E-state index in [9.17, 15) is 0 Å². The average molecular weight is 478 g/mol. The van der Waals surface area contributed by atoms with Crippen LogP contribution in [0.5, 0.6) is 0 Å². The van der Waals surface area contributed by atoms with Gasteiger partial charge in [-0.05, 0) is 35.4 Å². The predicted octanol–water partition coefficient (Wildman–Crippen LogP) is 8.71. The molecule has 0 fully saturated rings. The molecule has 1 unspecified atom stereocenters. The minimum Gasteiger partial charge on any atom is -0.370 e. The lowest BCUT2D eigenvalue weighted by Crippen LogP contribution is -2.29. The molecule has 0 bridgehead atoms. The highest BCUT2D eigenvalue weighted by Crippen LogP contribution is 2.51. The number of aliphatic imine (C=N–C) groups is 1. The van der Waals surface area contributed by atoms with Crippen LogP contribution in [0.15, 0.2) is 108 Å². The van der Waals surface area contributed by atoms with Crippen molar-refractivity contribution in [2.24, 2.45) is 4.99 Å². The number of aromatic nitrogens is 1. The van der Waals surface area contributed by atoms with Crippen molar-refractivity contribution in [1.82, 2.24) is 4.40 Å². The van der Waals surface area contributed by atoms with Gasteiger partial charge in [-0.15, -0.1) is 11.3 Å². The van der Waals surface area contributed by atoms with Crippen LogP contribution in [0.1, 0.15) is 0 Å². The van der Waals surface area contributed by atoms with E-state index in [2.05, 4.69) is 113 Å². The van der Waals surface area contributed by atoms with Crippen molar-refractivity contribution in [3.8, 4) is 11.1 Å². The number of hydrogen-bond acceptors (Lipinski definition) is 3. The molecular weight excluding hydrogens is 458 g/mol. The highest BCUT2D eigenvalue weighted by atomic mass is 32.1. The van der Waals surface area contributed by atoms with E-state index in [1.807, 2.05) is 11.3 Å². The Morgan fingerprint density at radius 1 is 0.750 bits per heavy atom. The lowest BCUT2D eigenvalue weighted by molar-refractivity contribution is 1.11. The van der Waals surface area contributed by atoms with Gasteiger partial charge < -0.3 is 5.32 Å². The number of allylic oxidation sites excluding steroid dienone is 2. The second kappa shape index (κ2) is 6.62. The van der Waals surface area contributed by atoms with E-state index in [4.69, 9.17) is 4.99 Å². The van der Waals surface area contributed by atoms with Gasteiger partial charge in [0.2, 0.25) is 0 Å². The lowest BCUT2D eigenvalue weighted by Gasteiger charge is -2.23. The fraction of sp³-hybridized carbons (Fsp3) is 0.0312. The molecule has 0 amide bonds. The molecule has 0 saturated carbocycles. The first-order valence-corrected chi connectivity index (χ1v) is 13.1. The number of rotatable bonds is 1. The molecule has 7 aromatic rings. The number of fused-ring (bicyclic) bond motifs is 11. The quantitative estimate of drug-likeness (QED) is 0.252. The van der Waals surface area contributed by atoms with E-state index in [1.165, 1.54) is 58.5 Å². The van der Waals surface area contributed by atoms with Gasteiger partial charge in [-0.25, -0.2) is 4.99 Å². The first-order chi connectivity index (χ1) is 17.8. The van der Waals surface area contributed by atoms with Gasteiger partial charge in [-0.3, -0.25) is 4.40 Å². The standard InChI is InChI=1S/C32H19N3S/c1-2-8-18(9-3-1)19-14-15-20-25(16-19)35-31-22(30-32(35)34-24-12-6-5-11-23(24)33-30)17-27-28(29(20)31)21-10-4-7-13-26(21)36-27/h1-17,23,33H. The number of hydrogen-bond donors (Lipinski definition) is 1. The van der Waals surface area contributed by atoms with Gasteiger partial charge in [-0.1, -0.05) is 78.9 Å². The van der Waals surface area contributed by atoms with Crippen molar-refractivity contribution in [1.29, 1.82) is 0 Å². The molecule has 9 rings (SSSR count). The van der Waals surface area contributed by atoms with Crippen LogP contribution in [-0.4, -0.2) is 16.2 Å². The van der Waals surface area contributed by atoms with Crippen LogP contribution in [0.2, 0.25) is 0 Å². The van der Waals surface area contributed by atoms with Gasteiger partial charge in [0.25, 0.3) is 0 Å². The molecule has 3 nitrogen and oxygen atoms in total. The second-order valence-corrected chi connectivity index (χ2v) is 10.7. The Morgan fingerprint density at radius 2 is 1.64 bits per heavy atom. The topological polar surface area (TPSA) is 28.8 Å². The Morgan fingerprint density at radius 3 is 2.58 bits per heavy atom. The van der Waals surface area contributed by atoms with E-state index in [1.54, 1.807) is 0 Å². The van der Waals surface area contributed by atoms with Crippen LogP contribution in [0.3, 0.4) is 0 Å². The van der Waals surface area contributed by atoms with Crippen molar-refractivity contribution >= 4 is 75.9 Å². The molecular formula is C32H19N3S. The highest BCUT2D eigenvalue weighted by Gasteiger charge is 2.30. The summed E-state index contributed by atoms with van der Waals surface area (Å²) < 4.78 is 5.06. The Labute approximate surface area is 210 Å². The van der Waals surface area contributed by atoms with Crippen molar-refractivity contribution in [2.45, 2.75) is 6.04 Å². The lowest BCUT2D eigenvalue weighted by atomic mass is 9.99. The van der Waals surface area contributed by atoms with E-state index in [-0.39, 0.29) is 6.04 Å². The summed E-state index contributed by atoms with van der Waals surface area (Å²) in [7, 11) is 0. The summed E-state index contributed by atoms with van der Waals surface area (Å²) >= 11 is 1.88. The normalized spacial score (nSPS) is 16.8. The average Bonchev–Trinajstić information content (AvgIpc) is 3.57. The van der Waals surface area contributed by atoms with Gasteiger partial charge in [0.15, 0.2) is 5.82 Å². The molecule has 1 aliphatic heterocycles. The molecule has 168 valence electrons. The van der Waals surface area contributed by atoms with Crippen LogP contribution in [-0.2, 0) is 0 Å². The maximum absolute atomic E-state index is 5.23. The molecule has 1 aliphatic carbocycles. The zero-order valence-corrected chi connectivity index (χ0v) is 20.0. The molecule has 4 heterocycles. The first kappa shape index (κ1) is 18.9. The molecule has 4 aromatic carbocycles. The summed E-state index contributed by atoms with van der Waals surface area (Å²) in [5.74, 6) is 1.00. The summed E-state index contributed by atoms with van der Waals surface area (Å²) in [5.41, 5.74) is 7.11. The number of anilines is 1. The summed E-state index contributed by atoms with van der Waals surface area (Å²) in [6.07, 6.45) is 8.49. The van der Waals surface area contributed by atoms with E-state index >= 15 is 0 Å². The molecule has 0 spiro atoms. The van der Waals surface area contributed by atoms with Crippen molar-refractivity contribution in [3.63, 3.8) is 0 Å². The van der Waals surface area contributed by atoms with Gasteiger partial charge >= 0.3 is 0 Å². The zero-order chi connectivity index (χ0) is 23.4. The van der Waals surface area contributed by atoms with Gasteiger partial charge in [0.1, 0.15) is 0 Å². The fourth-order valence-electron chi connectivity index (χ4n) is 6.16. The maximum Gasteiger partial charge on any atom is 0.162 e. The van der Waals surface area contributed by atoms with Crippen molar-refractivity contribution < 1.29 is 0 Å². The number of nitrogens with zero attached hydrogens (tertiary/aromatic N) is 2. The third kappa shape index (κ3) is 2.30. The number of benzene rings is 4. The zero-order valence-electron chi connectivity index (χ0n) is 19.2. The summed E-state index contributed by atoms with van der Waals surface area (Å²) in [4.78, 5) is 5.23. The monoisotopic (exact) mass is 477 g/mol. The molecule has 2 aliphatic rings. The highest BCUT2D eigenvalue weighted by molar-refractivity contribution is 7.26. The van der Waals surface area contributed by atoms with Crippen molar-refractivity contribution in [3.05, 3.63) is 103 Å². The molecule has 3 aromatic heterocycles. The number of nitrogens with one attached hydrogen (secondary N) is 1. The van der Waals surface area contributed by atoms with Crippen molar-refractivity contribution in [2.75, 3.05) is 5.32 Å². The molecule has 36 heavy (non-hydrogen) atoms. The predicted molar refractivity (Wildman–Crippen MR) is 155 cm³/mol. The van der Waals surface area contributed by atoms with Crippen LogP contribution < -0.4 is 5.32 Å². The van der Waals surface area contributed by atoms with Gasteiger partial charge in [-0.2, -0.15) is 0 Å². The van der Waals surface area contributed by atoms with Crippen LogP contribution in [0.25, 0.3) is 58.5 Å². The molecule has 4 heteroatoms. The van der Waals surface area contributed by atoms with Crippen LogP contribution in [0, 0.1) is 0 Å². The minimum atomic E-state index is 0.109. The minimum absolute atomic E-state index is 0.109. The fourth-order valence-corrected chi connectivity index (χ4v) is 7.31. The Kier molecular flexibility index (Phi) is 3.47. The second-order valence-electron chi connectivity index (χ2n) is 9.65. The SMILES string of the molecule is C1=CC2=Nc3c(c4cc5sc6ccccc6c5c5c6ccc(-c7ccccc7)cc6n3c45)NC2C=C1. The third-order valence-electron chi connectivity index (χ3n) is 7.72. The first-order valence-electron chi connectivity index (χ1n) is 12.3. The number of thiophene rings is 1. The molecule has 1 atom stereocenters. The smallest absolute Gasteiger partial charge is 0.162 e.